The van der Waals surface area contributed by atoms with E-state index in [1.807, 2.05) is 49.4 Å². The summed E-state index contributed by atoms with van der Waals surface area (Å²) < 4.78 is 0. The Morgan fingerprint density at radius 1 is 0.905 bits per heavy atom. The third-order valence-electron chi connectivity index (χ3n) is 3.64. The Hall–Kier alpha value is -2.62. The fraction of sp³-hybridized carbons (Fsp3) is 0.176. The van der Waals surface area contributed by atoms with Crippen LogP contribution < -0.4 is 9.80 Å². The van der Waals surface area contributed by atoms with Gasteiger partial charge < -0.3 is 0 Å². The van der Waals surface area contributed by atoms with Gasteiger partial charge in [0.05, 0.1) is 5.69 Å². The second kappa shape index (κ2) is 5.40. The summed E-state index contributed by atoms with van der Waals surface area (Å²) in [6.45, 7) is 2.39. The van der Waals surface area contributed by atoms with Crippen LogP contribution in [-0.4, -0.2) is 18.5 Å². The summed E-state index contributed by atoms with van der Waals surface area (Å²) in [6, 6.07) is 16.5. The first kappa shape index (κ1) is 13.4. The molecule has 106 valence electrons. The van der Waals surface area contributed by atoms with Crippen molar-refractivity contribution in [3.8, 4) is 0 Å². The summed E-state index contributed by atoms with van der Waals surface area (Å²) in [7, 11) is 0. The maximum Gasteiger partial charge on any atom is 0.335 e. The Kier molecular flexibility index (Phi) is 3.44. The molecular weight excluding hydrogens is 264 g/mol. The van der Waals surface area contributed by atoms with E-state index in [0.717, 1.165) is 11.3 Å². The average Bonchev–Trinajstić information content (AvgIpc) is 2.50. The minimum absolute atomic E-state index is 0.156. The molecule has 0 bridgehead atoms. The molecule has 1 fully saturated rings. The van der Waals surface area contributed by atoms with Crippen molar-refractivity contribution in [2.75, 3.05) is 16.3 Å². The van der Waals surface area contributed by atoms with Crippen LogP contribution in [0.15, 0.2) is 54.6 Å². The minimum Gasteiger partial charge on any atom is -0.293 e. The number of anilines is 2. The molecule has 0 spiro atoms. The third kappa shape index (κ3) is 2.40. The molecule has 3 rings (SSSR count). The van der Waals surface area contributed by atoms with Crippen LogP contribution >= 0.6 is 0 Å². The summed E-state index contributed by atoms with van der Waals surface area (Å²) in [5, 5.41) is 0. The standard InChI is InChI=1S/C17H16N2O2/c1-13-7-5-6-10-15(13)18-12-11-16(20)19(17(18)21)14-8-3-2-4-9-14/h2-10H,11-12H2,1H3. The van der Waals surface area contributed by atoms with E-state index < -0.39 is 0 Å². The number of benzene rings is 2. The van der Waals surface area contributed by atoms with Crippen molar-refractivity contribution in [1.29, 1.82) is 0 Å². The predicted molar refractivity (Wildman–Crippen MR) is 82.5 cm³/mol. The third-order valence-corrected chi connectivity index (χ3v) is 3.64. The van der Waals surface area contributed by atoms with Crippen LogP contribution in [0.4, 0.5) is 16.2 Å². The van der Waals surface area contributed by atoms with Gasteiger partial charge in [0.1, 0.15) is 0 Å². The Bertz CT molecular complexity index is 682. The first-order valence-electron chi connectivity index (χ1n) is 6.93. The Morgan fingerprint density at radius 2 is 1.57 bits per heavy atom. The first-order chi connectivity index (χ1) is 10.2. The van der Waals surface area contributed by atoms with Gasteiger partial charge in [0.25, 0.3) is 0 Å². The summed E-state index contributed by atoms with van der Waals surface area (Å²) >= 11 is 0. The molecule has 0 unspecified atom stereocenters. The maximum atomic E-state index is 12.7. The second-order valence-electron chi connectivity index (χ2n) is 5.04. The highest BCUT2D eigenvalue weighted by Gasteiger charge is 2.34. The lowest BCUT2D eigenvalue weighted by atomic mass is 10.1. The average molecular weight is 280 g/mol. The Labute approximate surface area is 123 Å². The topological polar surface area (TPSA) is 40.6 Å². The van der Waals surface area contributed by atoms with Crippen LogP contribution in [0.2, 0.25) is 0 Å². The second-order valence-corrected chi connectivity index (χ2v) is 5.04. The predicted octanol–water partition coefficient (Wildman–Crippen LogP) is 3.36. The lowest BCUT2D eigenvalue weighted by molar-refractivity contribution is -0.118. The van der Waals surface area contributed by atoms with E-state index in [1.54, 1.807) is 17.0 Å². The van der Waals surface area contributed by atoms with E-state index in [4.69, 9.17) is 0 Å². The number of aryl methyl sites for hydroxylation is 1. The van der Waals surface area contributed by atoms with Gasteiger partial charge in [-0.25, -0.2) is 9.69 Å². The van der Waals surface area contributed by atoms with E-state index in [2.05, 4.69) is 0 Å². The van der Waals surface area contributed by atoms with Crippen LogP contribution in [0.1, 0.15) is 12.0 Å². The van der Waals surface area contributed by atoms with Gasteiger partial charge in [0, 0.05) is 18.7 Å². The van der Waals surface area contributed by atoms with Crippen LogP contribution in [0.5, 0.6) is 0 Å². The highest BCUT2D eigenvalue weighted by atomic mass is 16.2. The number of hydrogen-bond acceptors (Lipinski definition) is 2. The lowest BCUT2D eigenvalue weighted by Gasteiger charge is -2.34. The molecule has 0 saturated carbocycles. The monoisotopic (exact) mass is 280 g/mol. The highest BCUT2D eigenvalue weighted by Crippen LogP contribution is 2.27. The highest BCUT2D eigenvalue weighted by molar-refractivity contribution is 6.21. The molecule has 2 aromatic carbocycles. The van der Waals surface area contributed by atoms with E-state index in [-0.39, 0.29) is 11.9 Å². The fourth-order valence-electron chi connectivity index (χ4n) is 2.56. The maximum absolute atomic E-state index is 12.7. The van der Waals surface area contributed by atoms with Crippen molar-refractivity contribution in [1.82, 2.24) is 0 Å². The molecule has 1 aliphatic rings. The van der Waals surface area contributed by atoms with Gasteiger partial charge >= 0.3 is 6.03 Å². The molecule has 0 N–H and O–H groups in total. The molecule has 1 aliphatic heterocycles. The van der Waals surface area contributed by atoms with Gasteiger partial charge in [0.15, 0.2) is 0 Å². The van der Waals surface area contributed by atoms with E-state index in [9.17, 15) is 9.59 Å². The number of carbonyl (C=O) groups excluding carboxylic acids is 2. The number of amides is 3. The number of hydrogen-bond donors (Lipinski definition) is 0. The quantitative estimate of drug-likeness (QED) is 0.846. The SMILES string of the molecule is Cc1ccccc1N1CCC(=O)N(c2ccccc2)C1=O. The number of imide groups is 1. The van der Waals surface area contributed by atoms with Crippen molar-refractivity contribution < 1.29 is 9.59 Å². The molecule has 3 amide bonds. The van der Waals surface area contributed by atoms with Crippen molar-refractivity contribution in [3.63, 3.8) is 0 Å². The Morgan fingerprint density at radius 3 is 2.29 bits per heavy atom. The summed E-state index contributed by atoms with van der Waals surface area (Å²) in [6.07, 6.45) is 0.328. The minimum atomic E-state index is -0.285. The molecule has 21 heavy (non-hydrogen) atoms. The van der Waals surface area contributed by atoms with Crippen molar-refractivity contribution in [2.45, 2.75) is 13.3 Å². The molecule has 0 aromatic heterocycles. The van der Waals surface area contributed by atoms with Crippen LogP contribution in [-0.2, 0) is 4.79 Å². The van der Waals surface area contributed by atoms with Gasteiger partial charge in [0.2, 0.25) is 5.91 Å². The zero-order chi connectivity index (χ0) is 14.8. The van der Waals surface area contributed by atoms with Crippen molar-refractivity contribution in [3.05, 3.63) is 60.2 Å². The molecular formula is C17H16N2O2. The number of nitrogens with zero attached hydrogens (tertiary/aromatic N) is 2. The number of urea groups is 1. The molecule has 0 aliphatic carbocycles. The normalized spacial score (nSPS) is 15.5. The zero-order valence-electron chi connectivity index (χ0n) is 11.8. The van der Waals surface area contributed by atoms with Crippen LogP contribution in [0, 0.1) is 6.92 Å². The summed E-state index contributed by atoms with van der Waals surface area (Å²) in [5.41, 5.74) is 2.50. The van der Waals surface area contributed by atoms with Gasteiger partial charge in [-0.2, -0.15) is 0 Å². The molecule has 2 aromatic rings. The molecule has 1 heterocycles. The molecule has 1 saturated heterocycles. The van der Waals surface area contributed by atoms with Crippen LogP contribution in [0.3, 0.4) is 0 Å². The molecule has 0 radical (unpaired) electrons. The van der Waals surface area contributed by atoms with Gasteiger partial charge in [-0.1, -0.05) is 36.4 Å². The molecule has 0 atom stereocenters. The largest absolute Gasteiger partial charge is 0.335 e. The number of rotatable bonds is 2. The summed E-state index contributed by atoms with van der Waals surface area (Å²) in [5.74, 6) is -0.156. The number of para-hydroxylation sites is 2. The first-order valence-corrected chi connectivity index (χ1v) is 6.93. The molecule has 4 nitrogen and oxygen atoms in total. The zero-order valence-corrected chi connectivity index (χ0v) is 11.8. The number of carbonyl (C=O) groups is 2. The lowest BCUT2D eigenvalue weighted by Crippen LogP contribution is -2.53. The van der Waals surface area contributed by atoms with Crippen molar-refractivity contribution >= 4 is 23.3 Å². The summed E-state index contributed by atoms with van der Waals surface area (Å²) in [4.78, 5) is 27.8. The fourth-order valence-corrected chi connectivity index (χ4v) is 2.56. The van der Waals surface area contributed by atoms with Crippen molar-refractivity contribution in [2.24, 2.45) is 0 Å². The van der Waals surface area contributed by atoms with E-state index in [1.165, 1.54) is 4.90 Å². The Balaban J connectivity index is 1.98. The van der Waals surface area contributed by atoms with E-state index in [0.29, 0.717) is 18.7 Å². The van der Waals surface area contributed by atoms with Gasteiger partial charge in [-0.05, 0) is 30.7 Å². The van der Waals surface area contributed by atoms with Gasteiger partial charge in [-0.15, -0.1) is 0 Å². The molecule has 4 heteroatoms. The van der Waals surface area contributed by atoms with Gasteiger partial charge in [-0.3, -0.25) is 9.69 Å². The smallest absolute Gasteiger partial charge is 0.293 e. The van der Waals surface area contributed by atoms with E-state index >= 15 is 0 Å². The van der Waals surface area contributed by atoms with Crippen LogP contribution in [0.25, 0.3) is 0 Å².